The topological polar surface area (TPSA) is 54.5 Å². The number of rotatable bonds is 4. The second-order valence-corrected chi connectivity index (χ2v) is 6.45. The van der Waals surface area contributed by atoms with Gasteiger partial charge in [-0.15, -0.1) is 0 Å². The Labute approximate surface area is 91.6 Å². The standard InChI is InChI=1S/C10H19NO3S/c1-3-4-10(12)7-11-5-6-15(13,14)8-9(11)2/h9H,3-8H2,1-2H3. The minimum Gasteiger partial charge on any atom is -0.298 e. The van der Waals surface area contributed by atoms with Crippen LogP contribution in [0, 0.1) is 0 Å². The molecule has 1 aliphatic rings. The highest BCUT2D eigenvalue weighted by Crippen LogP contribution is 2.11. The number of carbonyl (C=O) groups excluding carboxylic acids is 1. The number of sulfone groups is 1. The quantitative estimate of drug-likeness (QED) is 0.708. The van der Waals surface area contributed by atoms with Crippen molar-refractivity contribution < 1.29 is 13.2 Å². The molecule has 0 saturated carbocycles. The van der Waals surface area contributed by atoms with Crippen LogP contribution in [0.3, 0.4) is 0 Å². The maximum absolute atomic E-state index is 11.4. The Morgan fingerprint density at radius 1 is 1.47 bits per heavy atom. The monoisotopic (exact) mass is 233 g/mol. The van der Waals surface area contributed by atoms with Gasteiger partial charge in [0.05, 0.1) is 18.1 Å². The lowest BCUT2D eigenvalue weighted by atomic mass is 10.2. The van der Waals surface area contributed by atoms with Crippen molar-refractivity contribution in [2.24, 2.45) is 0 Å². The van der Waals surface area contributed by atoms with Crippen molar-refractivity contribution in [3.05, 3.63) is 0 Å². The second-order valence-electron chi connectivity index (χ2n) is 4.22. The van der Waals surface area contributed by atoms with Gasteiger partial charge in [-0.25, -0.2) is 8.42 Å². The number of nitrogens with zero attached hydrogens (tertiary/aromatic N) is 1. The minimum atomic E-state index is -2.87. The SMILES string of the molecule is CCCC(=O)CN1CCS(=O)(=O)CC1C. The number of hydrogen-bond acceptors (Lipinski definition) is 4. The first-order valence-electron chi connectivity index (χ1n) is 5.41. The Kier molecular flexibility index (Phi) is 4.28. The van der Waals surface area contributed by atoms with Crippen molar-refractivity contribution in [2.45, 2.75) is 32.7 Å². The molecule has 0 N–H and O–H groups in total. The Morgan fingerprint density at radius 3 is 2.67 bits per heavy atom. The molecule has 1 unspecified atom stereocenters. The van der Waals surface area contributed by atoms with Gasteiger partial charge in [-0.3, -0.25) is 9.69 Å². The van der Waals surface area contributed by atoms with Crippen LogP contribution in [0.15, 0.2) is 0 Å². The van der Waals surface area contributed by atoms with Crippen molar-refractivity contribution in [3.8, 4) is 0 Å². The molecule has 1 rings (SSSR count). The summed E-state index contributed by atoms with van der Waals surface area (Å²) in [6.07, 6.45) is 1.45. The highest BCUT2D eigenvalue weighted by Gasteiger charge is 2.28. The van der Waals surface area contributed by atoms with Crippen LogP contribution in [-0.4, -0.2) is 49.7 Å². The Balaban J connectivity index is 2.48. The van der Waals surface area contributed by atoms with Gasteiger partial charge in [-0.2, -0.15) is 0 Å². The van der Waals surface area contributed by atoms with E-state index in [1.165, 1.54) is 0 Å². The van der Waals surface area contributed by atoms with Crippen LogP contribution < -0.4 is 0 Å². The fourth-order valence-corrected chi connectivity index (χ4v) is 3.48. The molecule has 1 aliphatic heterocycles. The third kappa shape index (κ3) is 3.91. The second kappa shape index (κ2) is 5.07. The summed E-state index contributed by atoms with van der Waals surface area (Å²) < 4.78 is 22.6. The molecule has 1 atom stereocenters. The third-order valence-electron chi connectivity index (χ3n) is 2.72. The van der Waals surface area contributed by atoms with Gasteiger partial charge in [0.25, 0.3) is 0 Å². The molecule has 0 radical (unpaired) electrons. The Morgan fingerprint density at radius 2 is 2.13 bits per heavy atom. The van der Waals surface area contributed by atoms with Crippen molar-refractivity contribution in [3.63, 3.8) is 0 Å². The van der Waals surface area contributed by atoms with Crippen molar-refractivity contribution in [1.82, 2.24) is 4.90 Å². The van der Waals surface area contributed by atoms with E-state index in [0.29, 0.717) is 19.5 Å². The van der Waals surface area contributed by atoms with Crippen molar-refractivity contribution in [1.29, 1.82) is 0 Å². The molecule has 1 saturated heterocycles. The summed E-state index contributed by atoms with van der Waals surface area (Å²) in [4.78, 5) is 13.4. The molecule has 4 nitrogen and oxygen atoms in total. The van der Waals surface area contributed by atoms with Crippen molar-refractivity contribution in [2.75, 3.05) is 24.6 Å². The summed E-state index contributed by atoms with van der Waals surface area (Å²) >= 11 is 0. The van der Waals surface area contributed by atoms with Gasteiger partial charge >= 0.3 is 0 Å². The van der Waals surface area contributed by atoms with Crippen LogP contribution in [0.2, 0.25) is 0 Å². The number of carbonyl (C=O) groups is 1. The van der Waals surface area contributed by atoms with E-state index >= 15 is 0 Å². The predicted molar refractivity (Wildman–Crippen MR) is 59.6 cm³/mol. The van der Waals surface area contributed by atoms with E-state index in [2.05, 4.69) is 0 Å². The molecule has 0 aromatic heterocycles. The number of ketones is 1. The van der Waals surface area contributed by atoms with Crippen LogP contribution in [0.1, 0.15) is 26.7 Å². The first kappa shape index (κ1) is 12.6. The lowest BCUT2D eigenvalue weighted by Crippen LogP contribution is -2.48. The summed E-state index contributed by atoms with van der Waals surface area (Å²) in [7, 11) is -2.87. The smallest absolute Gasteiger partial charge is 0.153 e. The minimum absolute atomic E-state index is 0.0236. The van der Waals surface area contributed by atoms with Gasteiger partial charge in [-0.1, -0.05) is 6.92 Å². The van der Waals surface area contributed by atoms with E-state index in [1.807, 2.05) is 18.7 Å². The lowest BCUT2D eigenvalue weighted by Gasteiger charge is -2.32. The van der Waals surface area contributed by atoms with Crippen LogP contribution in [0.25, 0.3) is 0 Å². The molecular formula is C10H19NO3S. The molecule has 15 heavy (non-hydrogen) atoms. The van der Waals surface area contributed by atoms with E-state index in [1.54, 1.807) is 0 Å². The molecule has 0 aromatic carbocycles. The average Bonchev–Trinajstić information content (AvgIpc) is 2.10. The molecule has 0 spiro atoms. The molecule has 1 fully saturated rings. The third-order valence-corrected chi connectivity index (χ3v) is 4.51. The average molecular weight is 233 g/mol. The zero-order chi connectivity index (χ0) is 11.5. The first-order valence-corrected chi connectivity index (χ1v) is 7.23. The van der Waals surface area contributed by atoms with Gasteiger partial charge < -0.3 is 0 Å². The fraction of sp³-hybridized carbons (Fsp3) is 0.900. The lowest BCUT2D eigenvalue weighted by molar-refractivity contribution is -0.120. The molecule has 5 heteroatoms. The van der Waals surface area contributed by atoms with E-state index < -0.39 is 9.84 Å². The zero-order valence-electron chi connectivity index (χ0n) is 9.40. The zero-order valence-corrected chi connectivity index (χ0v) is 10.2. The molecule has 0 aromatic rings. The van der Waals surface area contributed by atoms with Crippen LogP contribution in [0.5, 0.6) is 0 Å². The van der Waals surface area contributed by atoms with Crippen LogP contribution in [0.4, 0.5) is 0 Å². The molecule has 0 amide bonds. The van der Waals surface area contributed by atoms with Crippen molar-refractivity contribution >= 4 is 15.6 Å². The number of Topliss-reactive ketones (excluding diaryl/α,β-unsaturated/α-hetero) is 1. The molecule has 0 bridgehead atoms. The maximum atomic E-state index is 11.4. The largest absolute Gasteiger partial charge is 0.298 e. The molecular weight excluding hydrogens is 214 g/mol. The van der Waals surface area contributed by atoms with Gasteiger partial charge in [0.1, 0.15) is 5.78 Å². The maximum Gasteiger partial charge on any atom is 0.153 e. The summed E-state index contributed by atoms with van der Waals surface area (Å²) in [6, 6.07) is -0.0236. The van der Waals surface area contributed by atoms with Crippen LogP contribution >= 0.6 is 0 Å². The van der Waals surface area contributed by atoms with E-state index in [0.717, 1.165) is 6.42 Å². The normalized spacial score (nSPS) is 26.4. The summed E-state index contributed by atoms with van der Waals surface area (Å²) in [5, 5.41) is 0. The Bertz CT molecular complexity index is 324. The molecule has 1 heterocycles. The van der Waals surface area contributed by atoms with Crippen LogP contribution in [-0.2, 0) is 14.6 Å². The summed E-state index contributed by atoms with van der Waals surface area (Å²) in [5.74, 6) is 0.590. The van der Waals surface area contributed by atoms with Gasteiger partial charge in [0.15, 0.2) is 9.84 Å². The van der Waals surface area contributed by atoms with E-state index in [-0.39, 0.29) is 23.3 Å². The van der Waals surface area contributed by atoms with E-state index in [4.69, 9.17) is 0 Å². The predicted octanol–water partition coefficient (Wildman–Crippen LogP) is 0.475. The summed E-state index contributed by atoms with van der Waals surface area (Å²) in [5.41, 5.74) is 0. The van der Waals surface area contributed by atoms with Gasteiger partial charge in [0.2, 0.25) is 0 Å². The van der Waals surface area contributed by atoms with Gasteiger partial charge in [-0.05, 0) is 13.3 Å². The fourth-order valence-electron chi connectivity index (χ4n) is 1.85. The molecule has 88 valence electrons. The van der Waals surface area contributed by atoms with Gasteiger partial charge in [0, 0.05) is 19.0 Å². The van der Waals surface area contributed by atoms with E-state index in [9.17, 15) is 13.2 Å². The highest BCUT2D eigenvalue weighted by molar-refractivity contribution is 7.91. The first-order chi connectivity index (χ1) is 6.94. The molecule has 0 aliphatic carbocycles. The summed E-state index contributed by atoms with van der Waals surface area (Å²) in [6.45, 7) is 4.75. The number of hydrogen-bond donors (Lipinski definition) is 0. The highest BCUT2D eigenvalue weighted by atomic mass is 32.2. The Hall–Kier alpha value is -0.420.